The van der Waals surface area contributed by atoms with Crippen molar-refractivity contribution in [2.24, 2.45) is 0 Å². The third kappa shape index (κ3) is 3.22. The molecule has 5 nitrogen and oxygen atoms in total. The maximum atomic E-state index is 11.1. The summed E-state index contributed by atoms with van der Waals surface area (Å²) in [7, 11) is 1.34. The molecule has 4 atom stereocenters. The number of rotatable bonds is 5. The molecule has 2 aliphatic rings. The quantitative estimate of drug-likeness (QED) is 0.613. The largest absolute Gasteiger partial charge is 0.466 e. The predicted molar refractivity (Wildman–Crippen MR) is 73.3 cm³/mol. The number of aliphatic hydroxyl groups excluding tert-OH is 1. The van der Waals surface area contributed by atoms with E-state index in [1.807, 2.05) is 0 Å². The Morgan fingerprint density at radius 1 is 1.50 bits per heavy atom. The third-order valence-corrected chi connectivity index (χ3v) is 4.15. The first-order valence-electron chi connectivity index (χ1n) is 7.34. The maximum Gasteiger partial charge on any atom is 0.330 e. The van der Waals surface area contributed by atoms with Gasteiger partial charge in [0.1, 0.15) is 5.60 Å². The van der Waals surface area contributed by atoms with Crippen molar-refractivity contribution < 1.29 is 24.1 Å². The van der Waals surface area contributed by atoms with Crippen LogP contribution < -0.4 is 0 Å². The Kier molecular flexibility index (Phi) is 5.18. The second kappa shape index (κ2) is 6.70. The third-order valence-electron chi connectivity index (χ3n) is 4.15. The van der Waals surface area contributed by atoms with Gasteiger partial charge in [0, 0.05) is 12.5 Å². The van der Waals surface area contributed by atoms with Crippen molar-refractivity contribution in [1.82, 2.24) is 0 Å². The number of methoxy groups -OCH3 is 1. The van der Waals surface area contributed by atoms with Crippen LogP contribution in [-0.4, -0.2) is 48.7 Å². The van der Waals surface area contributed by atoms with Crippen LogP contribution in [0.4, 0.5) is 0 Å². The summed E-state index contributed by atoms with van der Waals surface area (Å²) in [5.74, 6) is -0.397. The average molecular weight is 284 g/mol. The highest BCUT2D eigenvalue weighted by atomic mass is 16.6. The molecule has 2 aliphatic heterocycles. The van der Waals surface area contributed by atoms with E-state index in [1.54, 1.807) is 6.08 Å². The molecular weight excluding hydrogens is 260 g/mol. The highest BCUT2D eigenvalue weighted by Crippen LogP contribution is 2.42. The molecule has 5 heteroatoms. The fraction of sp³-hybridized carbons (Fsp3) is 0.800. The monoisotopic (exact) mass is 284 g/mol. The second-order valence-corrected chi connectivity index (χ2v) is 5.58. The van der Waals surface area contributed by atoms with Gasteiger partial charge in [-0.15, -0.1) is 0 Å². The van der Waals surface area contributed by atoms with Crippen LogP contribution in [0.25, 0.3) is 0 Å². The van der Waals surface area contributed by atoms with E-state index >= 15 is 0 Å². The van der Waals surface area contributed by atoms with E-state index in [0.717, 1.165) is 25.7 Å². The van der Waals surface area contributed by atoms with Crippen LogP contribution in [0.2, 0.25) is 0 Å². The maximum absolute atomic E-state index is 11.1. The Morgan fingerprint density at radius 2 is 2.30 bits per heavy atom. The van der Waals surface area contributed by atoms with Crippen molar-refractivity contribution in [2.75, 3.05) is 13.7 Å². The number of aliphatic hydroxyl groups is 1. The summed E-state index contributed by atoms with van der Waals surface area (Å²) in [5.41, 5.74) is -0.608. The second-order valence-electron chi connectivity index (χ2n) is 5.58. The molecule has 2 heterocycles. The van der Waals surface area contributed by atoms with Gasteiger partial charge in [-0.3, -0.25) is 0 Å². The van der Waals surface area contributed by atoms with E-state index in [1.165, 1.54) is 13.2 Å². The zero-order valence-corrected chi connectivity index (χ0v) is 12.2. The number of carbonyl (C=O) groups excluding carboxylic acids is 1. The van der Waals surface area contributed by atoms with Crippen LogP contribution >= 0.6 is 0 Å². The van der Waals surface area contributed by atoms with Crippen LogP contribution in [0.15, 0.2) is 12.2 Å². The number of hydrogen-bond acceptors (Lipinski definition) is 5. The topological polar surface area (TPSA) is 65.0 Å². The van der Waals surface area contributed by atoms with Gasteiger partial charge in [-0.1, -0.05) is 13.3 Å². The van der Waals surface area contributed by atoms with E-state index in [-0.39, 0.29) is 24.9 Å². The van der Waals surface area contributed by atoms with E-state index in [2.05, 4.69) is 11.7 Å². The van der Waals surface area contributed by atoms with E-state index in [0.29, 0.717) is 6.42 Å². The molecule has 0 spiro atoms. The van der Waals surface area contributed by atoms with E-state index < -0.39 is 11.6 Å². The molecule has 0 aromatic carbocycles. The van der Waals surface area contributed by atoms with Crippen molar-refractivity contribution in [2.45, 2.75) is 62.9 Å². The summed E-state index contributed by atoms with van der Waals surface area (Å²) >= 11 is 0. The number of fused-ring (bicyclic) bond motifs is 1. The Labute approximate surface area is 119 Å². The minimum Gasteiger partial charge on any atom is -0.466 e. The predicted octanol–water partition coefficient (Wildman–Crippen LogP) is 1.58. The van der Waals surface area contributed by atoms with Gasteiger partial charge < -0.3 is 19.3 Å². The summed E-state index contributed by atoms with van der Waals surface area (Å²) in [6.45, 7) is 2.09. The Bertz CT molecular complexity index is 367. The van der Waals surface area contributed by atoms with Gasteiger partial charge in [0.2, 0.25) is 0 Å². The molecule has 0 bridgehead atoms. The van der Waals surface area contributed by atoms with Gasteiger partial charge in [-0.05, 0) is 25.3 Å². The Balaban J connectivity index is 2.01. The highest BCUT2D eigenvalue weighted by Gasteiger charge is 2.52. The molecule has 1 N–H and O–H groups in total. The highest BCUT2D eigenvalue weighted by molar-refractivity contribution is 5.81. The molecule has 0 radical (unpaired) electrons. The summed E-state index contributed by atoms with van der Waals surface area (Å²) in [5, 5.41) is 9.76. The lowest BCUT2D eigenvalue weighted by atomic mass is 9.86. The Hall–Kier alpha value is -0.910. The SMILES string of the molecule is CCCC1CC[C@@H]2O[C@@H](/C=C/C(=O)OC)CC2(CO)O1. The van der Waals surface area contributed by atoms with Gasteiger partial charge in [0.15, 0.2) is 0 Å². The molecular formula is C15H24O5. The first-order valence-corrected chi connectivity index (χ1v) is 7.34. The lowest BCUT2D eigenvalue weighted by Crippen LogP contribution is -2.51. The summed E-state index contributed by atoms with van der Waals surface area (Å²) in [6, 6.07) is 0. The molecule has 0 saturated carbocycles. The molecule has 2 fully saturated rings. The van der Waals surface area contributed by atoms with Crippen molar-refractivity contribution >= 4 is 5.97 Å². The molecule has 20 heavy (non-hydrogen) atoms. The molecule has 0 aromatic rings. The molecule has 2 saturated heterocycles. The normalized spacial score (nSPS) is 37.0. The summed E-state index contributed by atoms with van der Waals surface area (Å²) < 4.78 is 16.6. The van der Waals surface area contributed by atoms with Crippen molar-refractivity contribution in [3.05, 3.63) is 12.2 Å². The summed E-state index contributed by atoms with van der Waals surface area (Å²) in [6.07, 6.45) is 7.51. The number of carbonyl (C=O) groups is 1. The van der Waals surface area contributed by atoms with Gasteiger partial charge in [0.25, 0.3) is 0 Å². The first-order chi connectivity index (χ1) is 9.63. The van der Waals surface area contributed by atoms with Gasteiger partial charge >= 0.3 is 5.97 Å². The van der Waals surface area contributed by atoms with Gasteiger partial charge in [0.05, 0.1) is 32.0 Å². The molecule has 114 valence electrons. The number of ether oxygens (including phenoxy) is 3. The fourth-order valence-corrected chi connectivity index (χ4v) is 3.13. The van der Waals surface area contributed by atoms with Crippen molar-refractivity contribution in [1.29, 1.82) is 0 Å². The molecule has 0 aliphatic carbocycles. The minimum absolute atomic E-state index is 0.0412. The van der Waals surface area contributed by atoms with Crippen molar-refractivity contribution in [3.63, 3.8) is 0 Å². The minimum atomic E-state index is -0.608. The zero-order valence-electron chi connectivity index (χ0n) is 12.2. The summed E-state index contributed by atoms with van der Waals surface area (Å²) in [4.78, 5) is 11.1. The molecule has 0 aromatic heterocycles. The number of esters is 1. The van der Waals surface area contributed by atoms with Gasteiger partial charge in [-0.25, -0.2) is 4.79 Å². The first kappa shape index (κ1) is 15.5. The average Bonchev–Trinajstić information content (AvgIpc) is 2.83. The van der Waals surface area contributed by atoms with Crippen LogP contribution in [0.5, 0.6) is 0 Å². The van der Waals surface area contributed by atoms with E-state index in [9.17, 15) is 9.90 Å². The van der Waals surface area contributed by atoms with Crippen molar-refractivity contribution in [3.8, 4) is 0 Å². The van der Waals surface area contributed by atoms with Crippen LogP contribution in [0, 0.1) is 0 Å². The fourth-order valence-electron chi connectivity index (χ4n) is 3.13. The molecule has 0 amide bonds. The van der Waals surface area contributed by atoms with Gasteiger partial charge in [-0.2, -0.15) is 0 Å². The Morgan fingerprint density at radius 3 is 2.95 bits per heavy atom. The van der Waals surface area contributed by atoms with E-state index in [4.69, 9.17) is 9.47 Å². The zero-order chi connectivity index (χ0) is 14.6. The lowest BCUT2D eigenvalue weighted by Gasteiger charge is -2.40. The smallest absolute Gasteiger partial charge is 0.330 e. The van der Waals surface area contributed by atoms with Crippen LogP contribution in [-0.2, 0) is 19.0 Å². The molecule has 2 unspecified atom stereocenters. The molecule has 2 rings (SSSR count). The lowest BCUT2D eigenvalue weighted by molar-refractivity contribution is -0.183. The number of hydrogen-bond donors (Lipinski definition) is 1. The van der Waals surface area contributed by atoms with Crippen LogP contribution in [0.1, 0.15) is 39.0 Å². The standard InChI is InChI=1S/C15H24O5/c1-3-4-11-5-7-13-15(10-16,20-11)9-12(19-13)6-8-14(17)18-2/h6,8,11-13,16H,3-5,7,9-10H2,1-2H3/b8-6+/t11?,12-,13-,15?/m0/s1. The van der Waals surface area contributed by atoms with Crippen LogP contribution in [0.3, 0.4) is 0 Å².